The number of benzene rings is 1. The summed E-state index contributed by atoms with van der Waals surface area (Å²) in [6.07, 6.45) is 0. The van der Waals surface area contributed by atoms with Gasteiger partial charge in [0.25, 0.3) is 0 Å². The van der Waals surface area contributed by atoms with Gasteiger partial charge in [0.05, 0.1) is 17.7 Å². The SMILES string of the molecule is [B]c1ccc(C#N)cc1C#N. The van der Waals surface area contributed by atoms with Crippen LogP contribution in [0.2, 0.25) is 0 Å². The Morgan fingerprint density at radius 1 is 1.18 bits per heavy atom. The number of nitriles is 2. The lowest BCUT2D eigenvalue weighted by molar-refractivity contribution is 1.46. The minimum Gasteiger partial charge on any atom is -0.192 e. The van der Waals surface area contributed by atoms with Gasteiger partial charge in [0.15, 0.2) is 0 Å². The van der Waals surface area contributed by atoms with Gasteiger partial charge in [0.1, 0.15) is 7.85 Å². The summed E-state index contributed by atoms with van der Waals surface area (Å²) in [6.45, 7) is 0. The molecule has 0 saturated heterocycles. The zero-order valence-corrected chi connectivity index (χ0v) is 5.70. The highest BCUT2D eigenvalue weighted by molar-refractivity contribution is 6.33. The molecule has 1 aromatic carbocycles. The van der Waals surface area contributed by atoms with Crippen molar-refractivity contribution in [1.82, 2.24) is 0 Å². The van der Waals surface area contributed by atoms with Crippen molar-refractivity contribution in [2.24, 2.45) is 0 Å². The molecule has 2 radical (unpaired) electrons. The van der Waals surface area contributed by atoms with Gasteiger partial charge >= 0.3 is 0 Å². The van der Waals surface area contributed by atoms with Crippen LogP contribution in [0.4, 0.5) is 0 Å². The average molecular weight is 138 g/mol. The van der Waals surface area contributed by atoms with Gasteiger partial charge in [-0.2, -0.15) is 10.5 Å². The number of hydrogen-bond acceptors (Lipinski definition) is 2. The van der Waals surface area contributed by atoms with Gasteiger partial charge in [-0.1, -0.05) is 11.5 Å². The maximum absolute atomic E-state index is 8.50. The Kier molecular flexibility index (Phi) is 1.94. The van der Waals surface area contributed by atoms with E-state index in [1.54, 1.807) is 12.1 Å². The molecule has 0 unspecified atom stereocenters. The van der Waals surface area contributed by atoms with Crippen molar-refractivity contribution in [3.05, 3.63) is 29.3 Å². The van der Waals surface area contributed by atoms with E-state index in [-0.39, 0.29) is 0 Å². The van der Waals surface area contributed by atoms with Gasteiger partial charge in [-0.15, -0.1) is 0 Å². The lowest BCUT2D eigenvalue weighted by Crippen LogP contribution is -2.06. The molecule has 11 heavy (non-hydrogen) atoms. The van der Waals surface area contributed by atoms with Crippen LogP contribution in [0.5, 0.6) is 0 Å². The molecule has 0 spiro atoms. The van der Waals surface area contributed by atoms with Gasteiger partial charge in [0, 0.05) is 5.56 Å². The van der Waals surface area contributed by atoms with Crippen molar-refractivity contribution >= 4 is 13.3 Å². The first-order valence-corrected chi connectivity index (χ1v) is 2.97. The minimum absolute atomic E-state index is 0.351. The van der Waals surface area contributed by atoms with E-state index in [9.17, 15) is 0 Å². The van der Waals surface area contributed by atoms with Crippen LogP contribution in [0.25, 0.3) is 0 Å². The van der Waals surface area contributed by atoms with Crippen molar-refractivity contribution in [2.45, 2.75) is 0 Å². The Morgan fingerprint density at radius 2 is 1.91 bits per heavy atom. The van der Waals surface area contributed by atoms with Crippen molar-refractivity contribution in [3.63, 3.8) is 0 Å². The summed E-state index contributed by atoms with van der Waals surface area (Å²) in [4.78, 5) is 0. The molecule has 0 heterocycles. The van der Waals surface area contributed by atoms with Crippen LogP contribution < -0.4 is 5.46 Å². The van der Waals surface area contributed by atoms with E-state index in [4.69, 9.17) is 18.4 Å². The third kappa shape index (κ3) is 1.39. The summed E-state index contributed by atoms with van der Waals surface area (Å²) in [5, 5.41) is 16.9. The van der Waals surface area contributed by atoms with E-state index in [1.165, 1.54) is 6.07 Å². The van der Waals surface area contributed by atoms with Gasteiger partial charge in [-0.05, 0) is 12.1 Å². The van der Waals surface area contributed by atoms with Gasteiger partial charge in [0.2, 0.25) is 0 Å². The largest absolute Gasteiger partial charge is 0.192 e. The molecule has 0 atom stereocenters. The van der Waals surface area contributed by atoms with E-state index in [2.05, 4.69) is 0 Å². The molecule has 1 rings (SSSR count). The second-order valence-corrected chi connectivity index (χ2v) is 2.03. The molecule has 0 amide bonds. The summed E-state index contributed by atoms with van der Waals surface area (Å²) in [6, 6.07) is 8.42. The molecule has 3 heteroatoms. The van der Waals surface area contributed by atoms with Crippen molar-refractivity contribution in [3.8, 4) is 12.1 Å². The van der Waals surface area contributed by atoms with Crippen LogP contribution in [-0.2, 0) is 0 Å². The minimum atomic E-state index is 0.351. The second kappa shape index (κ2) is 2.90. The van der Waals surface area contributed by atoms with Crippen LogP contribution in [0.15, 0.2) is 18.2 Å². The normalized spacial score (nSPS) is 8.18. The predicted molar refractivity (Wildman–Crippen MR) is 41.3 cm³/mol. The highest BCUT2D eigenvalue weighted by Gasteiger charge is 1.96. The van der Waals surface area contributed by atoms with Gasteiger partial charge < -0.3 is 0 Å². The van der Waals surface area contributed by atoms with E-state index >= 15 is 0 Å². The first-order chi connectivity index (χ1) is 5.27. The first kappa shape index (κ1) is 7.37. The van der Waals surface area contributed by atoms with Crippen molar-refractivity contribution < 1.29 is 0 Å². The lowest BCUT2D eigenvalue weighted by Gasteiger charge is -1.95. The van der Waals surface area contributed by atoms with E-state index < -0.39 is 0 Å². The first-order valence-electron chi connectivity index (χ1n) is 2.97. The highest BCUT2D eigenvalue weighted by Crippen LogP contribution is 1.98. The van der Waals surface area contributed by atoms with Crippen molar-refractivity contribution in [2.75, 3.05) is 0 Å². The Balaban J connectivity index is 3.29. The lowest BCUT2D eigenvalue weighted by atomic mass is 9.90. The monoisotopic (exact) mass is 138 g/mol. The highest BCUT2D eigenvalue weighted by atomic mass is 14.3. The molecule has 48 valence electrons. The number of nitrogens with zero attached hydrogens (tertiary/aromatic N) is 2. The van der Waals surface area contributed by atoms with Gasteiger partial charge in [-0.3, -0.25) is 0 Å². The molecule has 0 aliphatic carbocycles. The molecule has 0 aliphatic heterocycles. The van der Waals surface area contributed by atoms with E-state index in [1.807, 2.05) is 12.1 Å². The molecule has 1 aromatic rings. The zero-order chi connectivity index (χ0) is 8.27. The fourth-order valence-electron chi connectivity index (χ4n) is 0.723. The van der Waals surface area contributed by atoms with Crippen LogP contribution in [-0.4, -0.2) is 7.85 Å². The zero-order valence-electron chi connectivity index (χ0n) is 5.70. The van der Waals surface area contributed by atoms with Crippen molar-refractivity contribution in [1.29, 1.82) is 10.5 Å². The van der Waals surface area contributed by atoms with Crippen LogP contribution in [0, 0.1) is 22.7 Å². The predicted octanol–water partition coefficient (Wildman–Crippen LogP) is 0.224. The standard InChI is InChI=1S/C8H3BN2/c9-8-2-1-6(4-10)3-7(8)5-11/h1-3H. The second-order valence-electron chi connectivity index (χ2n) is 2.03. The summed E-state index contributed by atoms with van der Waals surface area (Å²) >= 11 is 0. The topological polar surface area (TPSA) is 47.6 Å². The molecule has 0 N–H and O–H groups in total. The maximum Gasteiger partial charge on any atom is 0.115 e. The molecule has 0 aromatic heterocycles. The molecule has 0 bridgehead atoms. The Morgan fingerprint density at radius 3 is 2.45 bits per heavy atom. The Hall–Kier alpha value is -1.74. The molecule has 2 nitrogen and oxygen atoms in total. The van der Waals surface area contributed by atoms with Crippen LogP contribution in [0.1, 0.15) is 11.1 Å². The molecule has 0 saturated carbocycles. The fourth-order valence-corrected chi connectivity index (χ4v) is 0.723. The summed E-state index contributed by atoms with van der Waals surface area (Å²) in [5.41, 5.74) is 1.21. The third-order valence-electron chi connectivity index (χ3n) is 1.30. The van der Waals surface area contributed by atoms with E-state index in [0.29, 0.717) is 16.6 Å². The fraction of sp³-hybridized carbons (Fsp3) is 0. The Bertz CT molecular complexity index is 357. The smallest absolute Gasteiger partial charge is 0.115 e. The molecule has 0 fully saturated rings. The Labute approximate surface area is 66.1 Å². The quantitative estimate of drug-likeness (QED) is 0.481. The van der Waals surface area contributed by atoms with Crippen LogP contribution in [0.3, 0.4) is 0 Å². The molecular formula is C8H3BN2. The number of hydrogen-bond donors (Lipinski definition) is 0. The molecule has 0 aliphatic rings. The van der Waals surface area contributed by atoms with Gasteiger partial charge in [-0.25, -0.2) is 0 Å². The average Bonchev–Trinajstić information content (AvgIpc) is 2.05. The number of rotatable bonds is 0. The summed E-state index contributed by atoms with van der Waals surface area (Å²) in [7, 11) is 5.42. The summed E-state index contributed by atoms with van der Waals surface area (Å²) < 4.78 is 0. The molecular weight excluding hydrogens is 135 g/mol. The summed E-state index contributed by atoms with van der Waals surface area (Å²) in [5.74, 6) is 0. The van der Waals surface area contributed by atoms with Crippen LogP contribution >= 0.6 is 0 Å². The maximum atomic E-state index is 8.50. The third-order valence-corrected chi connectivity index (χ3v) is 1.30. The van der Waals surface area contributed by atoms with E-state index in [0.717, 1.165) is 0 Å².